The fraction of sp³-hybridized carbons (Fsp3) is 0.455. The Hall–Kier alpha value is -0.0900. The van der Waals surface area contributed by atoms with Crippen molar-refractivity contribution in [2.75, 3.05) is 11.1 Å². The highest BCUT2D eigenvalue weighted by molar-refractivity contribution is 9.09. The van der Waals surface area contributed by atoms with E-state index in [4.69, 9.17) is 0 Å². The maximum atomic E-state index is 13.3. The van der Waals surface area contributed by atoms with E-state index in [0.717, 1.165) is 17.1 Å². The van der Waals surface area contributed by atoms with Crippen molar-refractivity contribution in [3.8, 4) is 0 Å². The smallest absolute Gasteiger partial charge is 0.136 e. The molecule has 0 radical (unpaired) electrons. The van der Waals surface area contributed by atoms with Crippen LogP contribution in [-0.4, -0.2) is 11.1 Å². The lowest BCUT2D eigenvalue weighted by molar-refractivity contribution is 0.576. The van der Waals surface area contributed by atoms with Gasteiger partial charge in [0.05, 0.1) is 0 Å². The van der Waals surface area contributed by atoms with Gasteiger partial charge in [-0.25, -0.2) is 8.78 Å². The third-order valence-corrected chi connectivity index (χ3v) is 5.24. The molecule has 0 saturated heterocycles. The van der Waals surface area contributed by atoms with Crippen LogP contribution in [0.3, 0.4) is 0 Å². The molecule has 1 aromatic carbocycles. The van der Waals surface area contributed by atoms with E-state index in [1.165, 1.54) is 36.7 Å². The van der Waals surface area contributed by atoms with Crippen molar-refractivity contribution < 1.29 is 8.78 Å². The Balaban J connectivity index is 2.01. The van der Waals surface area contributed by atoms with Gasteiger partial charge in [-0.1, -0.05) is 15.9 Å². The molecule has 0 N–H and O–H groups in total. The van der Waals surface area contributed by atoms with Crippen molar-refractivity contribution in [3.05, 3.63) is 29.8 Å². The van der Waals surface area contributed by atoms with Gasteiger partial charge in [-0.2, -0.15) is 0 Å². The first-order valence-corrected chi connectivity index (χ1v) is 6.90. The minimum Gasteiger partial charge on any atom is -0.207 e. The largest absolute Gasteiger partial charge is 0.207 e. The highest BCUT2D eigenvalue weighted by atomic mass is 79.9. The van der Waals surface area contributed by atoms with Gasteiger partial charge in [0, 0.05) is 16.0 Å². The van der Waals surface area contributed by atoms with Gasteiger partial charge in [0.1, 0.15) is 11.6 Å². The number of hydrogen-bond donors (Lipinski definition) is 0. The maximum Gasteiger partial charge on any atom is 0.136 e. The van der Waals surface area contributed by atoms with Crippen molar-refractivity contribution in [2.24, 2.45) is 5.41 Å². The van der Waals surface area contributed by atoms with Crippen LogP contribution < -0.4 is 0 Å². The lowest BCUT2D eigenvalue weighted by atomic mass is 10.2. The number of halogens is 3. The zero-order valence-corrected chi connectivity index (χ0v) is 10.5. The Kier molecular flexibility index (Phi) is 3.36. The molecule has 0 heterocycles. The highest BCUT2D eigenvalue weighted by Crippen LogP contribution is 2.50. The van der Waals surface area contributed by atoms with Crippen molar-refractivity contribution >= 4 is 27.7 Å². The van der Waals surface area contributed by atoms with Gasteiger partial charge in [-0.15, -0.1) is 11.8 Å². The van der Waals surface area contributed by atoms with Gasteiger partial charge in [-0.3, -0.25) is 0 Å². The van der Waals surface area contributed by atoms with E-state index >= 15 is 0 Å². The van der Waals surface area contributed by atoms with E-state index in [9.17, 15) is 8.78 Å². The summed E-state index contributed by atoms with van der Waals surface area (Å²) < 4.78 is 26.1. The van der Waals surface area contributed by atoms with Crippen LogP contribution in [0.15, 0.2) is 23.1 Å². The van der Waals surface area contributed by atoms with Crippen molar-refractivity contribution in [3.63, 3.8) is 0 Å². The van der Waals surface area contributed by atoms with Crippen LogP contribution >= 0.6 is 27.7 Å². The SMILES string of the molecule is Fc1ccc(F)c(SCC2(CBr)CC2)c1. The molecule has 4 heteroatoms. The predicted molar refractivity (Wildman–Crippen MR) is 62.5 cm³/mol. The number of hydrogen-bond acceptors (Lipinski definition) is 1. The standard InChI is InChI=1S/C11H11BrF2S/c12-6-11(3-4-11)7-15-10-5-8(13)1-2-9(10)14/h1-2,5H,3-4,6-7H2. The Labute approximate surface area is 101 Å². The lowest BCUT2D eigenvalue weighted by Crippen LogP contribution is -2.05. The Morgan fingerprint density at radius 2 is 2.07 bits per heavy atom. The molecule has 2 rings (SSSR count). The summed E-state index contributed by atoms with van der Waals surface area (Å²) in [6, 6.07) is 3.60. The number of thioether (sulfide) groups is 1. The van der Waals surface area contributed by atoms with E-state index < -0.39 is 0 Å². The summed E-state index contributed by atoms with van der Waals surface area (Å²) in [5.41, 5.74) is 0.323. The molecule has 0 atom stereocenters. The van der Waals surface area contributed by atoms with Crippen molar-refractivity contribution in [2.45, 2.75) is 17.7 Å². The third-order valence-electron chi connectivity index (χ3n) is 2.67. The normalized spacial score (nSPS) is 17.8. The van der Waals surface area contributed by atoms with E-state index in [2.05, 4.69) is 15.9 Å². The molecule has 1 fully saturated rings. The minimum atomic E-state index is -0.373. The molecule has 0 bridgehead atoms. The zero-order valence-electron chi connectivity index (χ0n) is 8.10. The molecule has 1 aliphatic carbocycles. The molecule has 0 nitrogen and oxygen atoms in total. The molecule has 15 heavy (non-hydrogen) atoms. The summed E-state index contributed by atoms with van der Waals surface area (Å²) in [4.78, 5) is 0.419. The molecule has 1 aliphatic rings. The second-order valence-corrected chi connectivity index (χ2v) is 5.57. The topological polar surface area (TPSA) is 0 Å². The Bertz CT molecular complexity index is 364. The van der Waals surface area contributed by atoms with Crippen molar-refractivity contribution in [1.82, 2.24) is 0 Å². The molecular formula is C11H11BrF2S. The van der Waals surface area contributed by atoms with Crippen LogP contribution in [0.4, 0.5) is 8.78 Å². The number of alkyl halides is 1. The molecule has 0 amide bonds. The second-order valence-electron chi connectivity index (χ2n) is 4.00. The summed E-state index contributed by atoms with van der Waals surface area (Å²) in [5, 5.41) is 0.948. The van der Waals surface area contributed by atoms with Crippen LogP contribution in [-0.2, 0) is 0 Å². The van der Waals surface area contributed by atoms with Crippen LogP contribution in [0, 0.1) is 17.0 Å². The first-order valence-electron chi connectivity index (χ1n) is 4.79. The van der Waals surface area contributed by atoms with Gasteiger partial charge in [-0.05, 0) is 36.5 Å². The predicted octanol–water partition coefficient (Wildman–Crippen LogP) is 4.23. The first kappa shape index (κ1) is 11.4. The van der Waals surface area contributed by atoms with Gasteiger partial charge in [0.2, 0.25) is 0 Å². The summed E-state index contributed by atoms with van der Waals surface area (Å²) in [7, 11) is 0. The second kappa shape index (κ2) is 4.42. The van der Waals surface area contributed by atoms with Crippen LogP contribution in [0.25, 0.3) is 0 Å². The van der Waals surface area contributed by atoms with E-state index in [1.807, 2.05) is 0 Å². The molecule has 1 saturated carbocycles. The monoisotopic (exact) mass is 292 g/mol. The fourth-order valence-electron chi connectivity index (χ4n) is 1.31. The average Bonchev–Trinajstić information content (AvgIpc) is 3.00. The Morgan fingerprint density at radius 3 is 2.67 bits per heavy atom. The average molecular weight is 293 g/mol. The molecular weight excluding hydrogens is 282 g/mol. The van der Waals surface area contributed by atoms with Gasteiger partial charge < -0.3 is 0 Å². The number of rotatable bonds is 4. The number of benzene rings is 1. The summed E-state index contributed by atoms with van der Waals surface area (Å²) in [6.07, 6.45) is 2.37. The van der Waals surface area contributed by atoms with Gasteiger partial charge in [0.15, 0.2) is 0 Å². The van der Waals surface area contributed by atoms with Gasteiger partial charge in [0.25, 0.3) is 0 Å². The van der Waals surface area contributed by atoms with E-state index in [-0.39, 0.29) is 11.6 Å². The summed E-state index contributed by atoms with van der Waals surface area (Å²) >= 11 is 4.87. The third kappa shape index (κ3) is 2.72. The maximum absolute atomic E-state index is 13.3. The van der Waals surface area contributed by atoms with E-state index in [1.54, 1.807) is 0 Å². The quantitative estimate of drug-likeness (QED) is 0.591. The zero-order chi connectivity index (χ0) is 10.9. The molecule has 0 unspecified atom stereocenters. The fourth-order valence-corrected chi connectivity index (χ4v) is 3.59. The van der Waals surface area contributed by atoms with E-state index in [0.29, 0.717) is 10.3 Å². The van der Waals surface area contributed by atoms with Crippen molar-refractivity contribution in [1.29, 1.82) is 0 Å². The van der Waals surface area contributed by atoms with Gasteiger partial charge >= 0.3 is 0 Å². The van der Waals surface area contributed by atoms with Crippen LogP contribution in [0.1, 0.15) is 12.8 Å². The Morgan fingerprint density at radius 1 is 1.33 bits per heavy atom. The molecule has 0 aromatic heterocycles. The minimum absolute atomic E-state index is 0.323. The first-order chi connectivity index (χ1) is 7.15. The molecule has 1 aromatic rings. The molecule has 0 aliphatic heterocycles. The van der Waals surface area contributed by atoms with Crippen LogP contribution in [0.5, 0.6) is 0 Å². The summed E-state index contributed by atoms with van der Waals surface area (Å²) in [5.74, 6) is 0.160. The molecule has 82 valence electrons. The lowest BCUT2D eigenvalue weighted by Gasteiger charge is -2.10. The summed E-state index contributed by atoms with van der Waals surface area (Å²) in [6.45, 7) is 0. The van der Waals surface area contributed by atoms with Crippen LogP contribution in [0.2, 0.25) is 0 Å². The molecule has 0 spiro atoms. The highest BCUT2D eigenvalue weighted by Gasteiger charge is 2.41.